The van der Waals surface area contributed by atoms with E-state index in [2.05, 4.69) is 20.3 Å². The number of imidazole rings is 1. The number of thiazole rings is 1. The van der Waals surface area contributed by atoms with Gasteiger partial charge < -0.3 is 15.3 Å². The maximum Gasteiger partial charge on any atom is 0.323 e. The number of H-pyrrole nitrogens is 2. The van der Waals surface area contributed by atoms with E-state index in [9.17, 15) is 4.79 Å². The minimum atomic E-state index is -0.189. The molecule has 5 nitrogen and oxygen atoms in total. The monoisotopic (exact) mass is 246 g/mol. The van der Waals surface area contributed by atoms with E-state index in [-0.39, 0.29) is 5.69 Å². The van der Waals surface area contributed by atoms with Gasteiger partial charge in [0, 0.05) is 18.0 Å². The highest BCUT2D eigenvalue weighted by molar-refractivity contribution is 7.14. The molecule has 0 fully saturated rings. The van der Waals surface area contributed by atoms with Crippen LogP contribution in [0.1, 0.15) is 0 Å². The third-order valence-corrected chi connectivity index (χ3v) is 3.39. The molecular formula is C11H10N4OS. The van der Waals surface area contributed by atoms with Gasteiger partial charge in [-0.25, -0.2) is 9.78 Å². The van der Waals surface area contributed by atoms with Crippen LogP contribution in [0.4, 0.5) is 5.13 Å². The normalized spacial score (nSPS) is 10.9. The Hall–Kier alpha value is -2.08. The number of benzene rings is 1. The number of aromatic nitrogens is 3. The van der Waals surface area contributed by atoms with Crippen LogP contribution in [0.3, 0.4) is 0 Å². The molecule has 1 aromatic carbocycles. The molecule has 6 heteroatoms. The third-order valence-electron chi connectivity index (χ3n) is 2.53. The molecule has 3 rings (SSSR count). The lowest BCUT2D eigenvalue weighted by Crippen LogP contribution is -1.99. The van der Waals surface area contributed by atoms with Crippen molar-refractivity contribution in [3.05, 3.63) is 34.1 Å². The summed E-state index contributed by atoms with van der Waals surface area (Å²) in [6, 6.07) is 5.74. The van der Waals surface area contributed by atoms with Crippen molar-refractivity contribution in [2.75, 3.05) is 12.4 Å². The number of fused-ring (bicyclic) bond motifs is 1. The molecule has 86 valence electrons. The zero-order valence-corrected chi connectivity index (χ0v) is 9.89. The highest BCUT2D eigenvalue weighted by atomic mass is 32.1. The van der Waals surface area contributed by atoms with E-state index in [0.717, 1.165) is 27.4 Å². The molecule has 0 aliphatic heterocycles. The van der Waals surface area contributed by atoms with Gasteiger partial charge in [0.05, 0.1) is 16.7 Å². The number of nitrogens with one attached hydrogen (secondary N) is 3. The first-order chi connectivity index (χ1) is 8.26. The smallest absolute Gasteiger partial charge is 0.323 e. The van der Waals surface area contributed by atoms with Crippen molar-refractivity contribution in [1.29, 1.82) is 0 Å². The fourth-order valence-corrected chi connectivity index (χ4v) is 2.39. The summed E-state index contributed by atoms with van der Waals surface area (Å²) in [7, 11) is 1.84. The van der Waals surface area contributed by atoms with Crippen LogP contribution >= 0.6 is 11.3 Å². The van der Waals surface area contributed by atoms with E-state index in [1.54, 1.807) is 11.3 Å². The molecule has 3 aromatic rings. The Morgan fingerprint density at radius 2 is 2.12 bits per heavy atom. The predicted molar refractivity (Wildman–Crippen MR) is 69.6 cm³/mol. The Morgan fingerprint density at radius 3 is 2.88 bits per heavy atom. The Balaban J connectivity index is 2.13. The maximum absolute atomic E-state index is 11.2. The van der Waals surface area contributed by atoms with Crippen molar-refractivity contribution in [2.45, 2.75) is 0 Å². The van der Waals surface area contributed by atoms with Crippen LogP contribution in [0.15, 0.2) is 28.4 Å². The van der Waals surface area contributed by atoms with Gasteiger partial charge in [0.1, 0.15) is 0 Å². The molecule has 17 heavy (non-hydrogen) atoms. The van der Waals surface area contributed by atoms with E-state index in [1.807, 2.05) is 30.6 Å². The SMILES string of the molecule is CNc1nc(-c2ccc3[nH]c(=O)[nH]c3c2)cs1. The topological polar surface area (TPSA) is 73.6 Å². The Labute approximate surface area is 101 Å². The molecule has 0 atom stereocenters. The molecule has 0 aliphatic rings. The minimum Gasteiger partial charge on any atom is -0.365 e. The van der Waals surface area contributed by atoms with Gasteiger partial charge in [-0.3, -0.25) is 0 Å². The minimum absolute atomic E-state index is 0.189. The molecule has 0 bridgehead atoms. The summed E-state index contributed by atoms with van der Waals surface area (Å²) in [6.45, 7) is 0. The van der Waals surface area contributed by atoms with Gasteiger partial charge in [-0.15, -0.1) is 11.3 Å². The average Bonchev–Trinajstić information content (AvgIpc) is 2.92. The second-order valence-electron chi connectivity index (χ2n) is 3.63. The number of anilines is 1. The van der Waals surface area contributed by atoms with E-state index < -0.39 is 0 Å². The van der Waals surface area contributed by atoms with Gasteiger partial charge in [0.2, 0.25) is 0 Å². The van der Waals surface area contributed by atoms with Gasteiger partial charge in [0.15, 0.2) is 5.13 Å². The summed E-state index contributed by atoms with van der Waals surface area (Å²) in [4.78, 5) is 21.0. The zero-order valence-electron chi connectivity index (χ0n) is 9.07. The lowest BCUT2D eigenvalue weighted by Gasteiger charge is -1.96. The quantitative estimate of drug-likeness (QED) is 0.647. The molecule has 0 unspecified atom stereocenters. The largest absolute Gasteiger partial charge is 0.365 e. The van der Waals surface area contributed by atoms with Crippen LogP contribution in [-0.4, -0.2) is 22.0 Å². The highest BCUT2D eigenvalue weighted by Gasteiger charge is 2.05. The van der Waals surface area contributed by atoms with Crippen molar-refractivity contribution >= 4 is 27.5 Å². The molecule has 0 saturated carbocycles. The molecule has 0 radical (unpaired) electrons. The third kappa shape index (κ3) is 1.72. The molecule has 3 N–H and O–H groups in total. The van der Waals surface area contributed by atoms with Crippen molar-refractivity contribution in [1.82, 2.24) is 15.0 Å². The van der Waals surface area contributed by atoms with E-state index in [4.69, 9.17) is 0 Å². The summed E-state index contributed by atoms with van der Waals surface area (Å²) in [5.41, 5.74) is 3.31. The summed E-state index contributed by atoms with van der Waals surface area (Å²) in [5.74, 6) is 0. The van der Waals surface area contributed by atoms with Gasteiger partial charge in [-0.1, -0.05) is 6.07 Å². The molecule has 2 aromatic heterocycles. The second-order valence-corrected chi connectivity index (χ2v) is 4.49. The van der Waals surface area contributed by atoms with Crippen LogP contribution in [0.2, 0.25) is 0 Å². The van der Waals surface area contributed by atoms with Gasteiger partial charge in [-0.05, 0) is 12.1 Å². The van der Waals surface area contributed by atoms with Crippen molar-refractivity contribution in [2.24, 2.45) is 0 Å². The molecule has 0 aliphatic carbocycles. The predicted octanol–water partition coefficient (Wildman–Crippen LogP) is 2.02. The number of rotatable bonds is 2. The number of hydrogen-bond acceptors (Lipinski definition) is 4. The fourth-order valence-electron chi connectivity index (χ4n) is 1.71. The molecule has 0 amide bonds. The van der Waals surface area contributed by atoms with Crippen LogP contribution in [0.5, 0.6) is 0 Å². The van der Waals surface area contributed by atoms with E-state index in [1.165, 1.54) is 0 Å². The van der Waals surface area contributed by atoms with E-state index >= 15 is 0 Å². The molecular weight excluding hydrogens is 236 g/mol. The van der Waals surface area contributed by atoms with Crippen LogP contribution in [-0.2, 0) is 0 Å². The lowest BCUT2D eigenvalue weighted by atomic mass is 10.1. The van der Waals surface area contributed by atoms with Gasteiger partial charge in [0.25, 0.3) is 0 Å². The standard InChI is InChI=1S/C11H10N4OS/c1-12-11-15-9(5-17-11)6-2-3-7-8(4-6)14-10(16)13-7/h2-5H,1H3,(H,12,15)(H2,13,14,16). The van der Waals surface area contributed by atoms with Gasteiger partial charge >= 0.3 is 5.69 Å². The summed E-state index contributed by atoms with van der Waals surface area (Å²) in [6.07, 6.45) is 0. The van der Waals surface area contributed by atoms with Crippen molar-refractivity contribution in [3.8, 4) is 11.3 Å². The Bertz CT molecular complexity index is 724. The van der Waals surface area contributed by atoms with E-state index in [0.29, 0.717) is 0 Å². The Kier molecular flexibility index (Phi) is 2.22. The first-order valence-corrected chi connectivity index (χ1v) is 6.00. The lowest BCUT2D eigenvalue weighted by molar-refractivity contribution is 1.21. The molecule has 2 heterocycles. The zero-order chi connectivity index (χ0) is 11.8. The molecule has 0 spiro atoms. The molecule has 0 saturated heterocycles. The summed E-state index contributed by atoms with van der Waals surface area (Å²) < 4.78 is 0. The summed E-state index contributed by atoms with van der Waals surface area (Å²) in [5, 5.41) is 5.86. The Morgan fingerprint density at radius 1 is 1.29 bits per heavy atom. The second kappa shape index (κ2) is 3.74. The van der Waals surface area contributed by atoms with Crippen molar-refractivity contribution in [3.63, 3.8) is 0 Å². The van der Waals surface area contributed by atoms with Crippen LogP contribution < -0.4 is 11.0 Å². The maximum atomic E-state index is 11.2. The average molecular weight is 246 g/mol. The fraction of sp³-hybridized carbons (Fsp3) is 0.0909. The summed E-state index contributed by atoms with van der Waals surface area (Å²) >= 11 is 1.55. The first kappa shape index (κ1) is 10.1. The number of nitrogens with zero attached hydrogens (tertiary/aromatic N) is 1. The first-order valence-electron chi connectivity index (χ1n) is 5.12. The number of hydrogen-bond donors (Lipinski definition) is 3. The van der Waals surface area contributed by atoms with Gasteiger partial charge in [-0.2, -0.15) is 0 Å². The van der Waals surface area contributed by atoms with Crippen molar-refractivity contribution < 1.29 is 0 Å². The highest BCUT2D eigenvalue weighted by Crippen LogP contribution is 2.26. The van der Waals surface area contributed by atoms with Crippen LogP contribution in [0.25, 0.3) is 22.3 Å². The number of aromatic amines is 2. The van der Waals surface area contributed by atoms with Crippen LogP contribution in [0, 0.1) is 0 Å².